The quantitative estimate of drug-likeness (QED) is 0.765. The number of fused-ring (bicyclic) bond motifs is 1. The molecule has 0 aromatic heterocycles. The molecule has 2 aliphatic rings. The molecular weight excluding hydrogens is 231 g/mol. The van der Waals surface area contributed by atoms with E-state index in [2.05, 4.69) is 5.32 Å². The first-order valence-electron chi connectivity index (χ1n) is 6.43. The summed E-state index contributed by atoms with van der Waals surface area (Å²) in [5.74, 6) is -0.172. The highest BCUT2D eigenvalue weighted by Crippen LogP contribution is 2.43. The molecule has 96 valence electrons. The van der Waals surface area contributed by atoms with Crippen molar-refractivity contribution in [1.29, 1.82) is 0 Å². The first kappa shape index (κ1) is 11.5. The van der Waals surface area contributed by atoms with E-state index >= 15 is 0 Å². The summed E-state index contributed by atoms with van der Waals surface area (Å²) in [5.41, 5.74) is 1.20. The normalized spacial score (nSPS) is 21.7. The topological polar surface area (TPSA) is 32.3 Å². The second-order valence-corrected chi connectivity index (χ2v) is 5.46. The van der Waals surface area contributed by atoms with Crippen LogP contribution in [0.5, 0.6) is 0 Å². The number of nitrogens with one attached hydrogen (secondary N) is 1. The molecule has 0 atom stereocenters. The smallest absolute Gasteiger partial charge is 0.232 e. The largest absolute Gasteiger partial charge is 0.372 e. The first-order valence-corrected chi connectivity index (χ1v) is 6.43. The number of carbonyl (C=O) groups excluding carboxylic acids is 1. The molecule has 0 saturated heterocycles. The van der Waals surface area contributed by atoms with Crippen LogP contribution in [0.25, 0.3) is 0 Å². The zero-order chi connectivity index (χ0) is 12.8. The minimum atomic E-state index is -0.287. The molecule has 1 spiro atoms. The lowest BCUT2D eigenvalue weighted by Crippen LogP contribution is -2.40. The Morgan fingerprint density at radius 3 is 2.78 bits per heavy atom. The lowest BCUT2D eigenvalue weighted by atomic mass is 9.85. The SMILES string of the molecule is CN1CC2(CCCC2)C(=O)Nc2ccc(F)cc21. The van der Waals surface area contributed by atoms with Gasteiger partial charge in [0.05, 0.1) is 16.8 Å². The van der Waals surface area contributed by atoms with Crippen molar-refractivity contribution in [2.75, 3.05) is 23.8 Å². The van der Waals surface area contributed by atoms with Crippen LogP contribution in [0.3, 0.4) is 0 Å². The number of carbonyl (C=O) groups is 1. The van der Waals surface area contributed by atoms with Crippen LogP contribution in [0, 0.1) is 11.2 Å². The van der Waals surface area contributed by atoms with Crippen LogP contribution in [0.15, 0.2) is 18.2 Å². The van der Waals surface area contributed by atoms with Gasteiger partial charge in [-0.1, -0.05) is 12.8 Å². The molecule has 18 heavy (non-hydrogen) atoms. The average molecular weight is 248 g/mol. The van der Waals surface area contributed by atoms with Crippen LogP contribution in [-0.2, 0) is 4.79 Å². The maximum Gasteiger partial charge on any atom is 0.232 e. The van der Waals surface area contributed by atoms with E-state index in [-0.39, 0.29) is 17.1 Å². The third-order valence-corrected chi connectivity index (χ3v) is 4.20. The summed E-state index contributed by atoms with van der Waals surface area (Å²) in [7, 11) is 1.93. The molecule has 1 amide bonds. The highest BCUT2D eigenvalue weighted by atomic mass is 19.1. The maximum absolute atomic E-state index is 13.3. The van der Waals surface area contributed by atoms with Crippen molar-refractivity contribution in [3.63, 3.8) is 0 Å². The van der Waals surface area contributed by atoms with E-state index in [1.165, 1.54) is 12.1 Å². The Morgan fingerprint density at radius 1 is 1.33 bits per heavy atom. The van der Waals surface area contributed by atoms with Gasteiger partial charge in [-0.3, -0.25) is 4.79 Å². The molecule has 4 heteroatoms. The van der Waals surface area contributed by atoms with Gasteiger partial charge in [-0.05, 0) is 31.0 Å². The molecule has 1 N–H and O–H groups in total. The summed E-state index contributed by atoms with van der Waals surface area (Å²) >= 11 is 0. The molecule has 0 unspecified atom stereocenters. The second kappa shape index (κ2) is 3.97. The minimum Gasteiger partial charge on any atom is -0.372 e. The average Bonchev–Trinajstić information content (AvgIpc) is 2.77. The molecular formula is C14H17FN2O. The van der Waals surface area contributed by atoms with Crippen molar-refractivity contribution in [3.8, 4) is 0 Å². The summed E-state index contributed by atoms with van der Waals surface area (Å²) in [6.07, 6.45) is 4.07. The van der Waals surface area contributed by atoms with Crippen molar-refractivity contribution in [1.82, 2.24) is 0 Å². The molecule has 1 saturated carbocycles. The van der Waals surface area contributed by atoms with Gasteiger partial charge in [-0.15, -0.1) is 0 Å². The summed E-state index contributed by atoms with van der Waals surface area (Å²) < 4.78 is 13.3. The Balaban J connectivity index is 2.03. The van der Waals surface area contributed by atoms with Crippen molar-refractivity contribution in [2.24, 2.45) is 5.41 Å². The minimum absolute atomic E-state index is 0.0946. The van der Waals surface area contributed by atoms with Gasteiger partial charge in [0.2, 0.25) is 5.91 Å². The molecule has 0 radical (unpaired) electrons. The van der Waals surface area contributed by atoms with Crippen LogP contribution in [0.2, 0.25) is 0 Å². The van der Waals surface area contributed by atoms with Gasteiger partial charge in [-0.2, -0.15) is 0 Å². The standard InChI is InChI=1S/C14H17FN2O/c1-17-9-14(6-2-3-7-14)13(18)16-11-5-4-10(15)8-12(11)17/h4-5,8H,2-3,6-7,9H2,1H3,(H,16,18). The number of rotatable bonds is 0. The lowest BCUT2D eigenvalue weighted by Gasteiger charge is -2.29. The van der Waals surface area contributed by atoms with E-state index in [0.717, 1.165) is 31.4 Å². The number of hydrogen-bond acceptors (Lipinski definition) is 2. The van der Waals surface area contributed by atoms with Gasteiger partial charge in [0.25, 0.3) is 0 Å². The van der Waals surface area contributed by atoms with Crippen LogP contribution < -0.4 is 10.2 Å². The molecule has 1 heterocycles. The Kier molecular flexibility index (Phi) is 2.54. The molecule has 3 nitrogen and oxygen atoms in total. The van der Waals surface area contributed by atoms with Gasteiger partial charge < -0.3 is 10.2 Å². The van der Waals surface area contributed by atoms with Crippen molar-refractivity contribution in [3.05, 3.63) is 24.0 Å². The van der Waals surface area contributed by atoms with Gasteiger partial charge in [0, 0.05) is 13.6 Å². The highest BCUT2D eigenvalue weighted by Gasteiger charge is 2.44. The monoisotopic (exact) mass is 248 g/mol. The fourth-order valence-corrected chi connectivity index (χ4v) is 3.23. The van der Waals surface area contributed by atoms with E-state index in [0.29, 0.717) is 12.2 Å². The zero-order valence-electron chi connectivity index (χ0n) is 10.5. The zero-order valence-corrected chi connectivity index (χ0v) is 10.5. The van der Waals surface area contributed by atoms with Gasteiger partial charge >= 0.3 is 0 Å². The van der Waals surface area contributed by atoms with Gasteiger partial charge in [-0.25, -0.2) is 4.39 Å². The van der Waals surface area contributed by atoms with Crippen LogP contribution >= 0.6 is 0 Å². The maximum atomic E-state index is 13.3. The van der Waals surface area contributed by atoms with E-state index in [9.17, 15) is 9.18 Å². The number of nitrogens with zero attached hydrogens (tertiary/aromatic N) is 1. The summed E-state index contributed by atoms with van der Waals surface area (Å²) in [6.45, 7) is 0.676. The predicted octanol–water partition coefficient (Wildman–Crippen LogP) is 2.77. The van der Waals surface area contributed by atoms with Crippen molar-refractivity contribution >= 4 is 17.3 Å². The Morgan fingerprint density at radius 2 is 2.06 bits per heavy atom. The lowest BCUT2D eigenvalue weighted by molar-refractivity contribution is -0.124. The molecule has 1 aromatic carbocycles. The Labute approximate surface area is 106 Å². The van der Waals surface area contributed by atoms with Crippen LogP contribution in [0.1, 0.15) is 25.7 Å². The fraction of sp³-hybridized carbons (Fsp3) is 0.500. The Hall–Kier alpha value is -1.58. The number of halogens is 1. The molecule has 0 bridgehead atoms. The molecule has 1 aromatic rings. The molecule has 1 aliphatic heterocycles. The number of benzene rings is 1. The summed E-state index contributed by atoms with van der Waals surface area (Å²) in [5, 5.41) is 2.97. The van der Waals surface area contributed by atoms with E-state index in [1.807, 2.05) is 11.9 Å². The molecule has 1 fully saturated rings. The van der Waals surface area contributed by atoms with Crippen molar-refractivity contribution < 1.29 is 9.18 Å². The van der Waals surface area contributed by atoms with Gasteiger partial charge in [0.15, 0.2) is 0 Å². The van der Waals surface area contributed by atoms with Crippen LogP contribution in [0.4, 0.5) is 15.8 Å². The number of amides is 1. The number of hydrogen-bond donors (Lipinski definition) is 1. The third-order valence-electron chi connectivity index (χ3n) is 4.20. The summed E-state index contributed by atoms with van der Waals surface area (Å²) in [6, 6.07) is 4.52. The van der Waals surface area contributed by atoms with Crippen molar-refractivity contribution in [2.45, 2.75) is 25.7 Å². The van der Waals surface area contributed by atoms with Crippen LogP contribution in [-0.4, -0.2) is 19.5 Å². The third kappa shape index (κ3) is 1.67. The summed E-state index contributed by atoms with van der Waals surface area (Å²) in [4.78, 5) is 14.4. The Bertz CT molecular complexity index is 495. The first-order chi connectivity index (χ1) is 8.61. The predicted molar refractivity (Wildman–Crippen MR) is 69.2 cm³/mol. The second-order valence-electron chi connectivity index (χ2n) is 5.46. The van der Waals surface area contributed by atoms with Gasteiger partial charge in [0.1, 0.15) is 5.82 Å². The van der Waals surface area contributed by atoms with E-state index < -0.39 is 0 Å². The highest BCUT2D eigenvalue weighted by molar-refractivity contribution is 6.00. The van der Waals surface area contributed by atoms with E-state index in [1.54, 1.807) is 6.07 Å². The molecule has 3 rings (SSSR count). The number of anilines is 2. The van der Waals surface area contributed by atoms with E-state index in [4.69, 9.17) is 0 Å². The fourth-order valence-electron chi connectivity index (χ4n) is 3.23. The molecule has 1 aliphatic carbocycles.